The molecule has 1 aliphatic rings. The predicted octanol–water partition coefficient (Wildman–Crippen LogP) is 2.18. The van der Waals surface area contributed by atoms with Crippen molar-refractivity contribution in [1.82, 2.24) is 5.32 Å². The van der Waals surface area contributed by atoms with Crippen molar-refractivity contribution in [2.75, 3.05) is 13.7 Å². The van der Waals surface area contributed by atoms with Crippen molar-refractivity contribution in [3.05, 3.63) is 23.8 Å². The summed E-state index contributed by atoms with van der Waals surface area (Å²) in [6.07, 6.45) is 2.53. The number of hydrogen-bond acceptors (Lipinski definition) is 3. The fourth-order valence-electron chi connectivity index (χ4n) is 2.00. The van der Waals surface area contributed by atoms with E-state index < -0.39 is 0 Å². The number of phenols is 1. The second-order valence-corrected chi connectivity index (χ2v) is 4.91. The molecule has 0 radical (unpaired) electrons. The average Bonchev–Trinajstić information content (AvgIpc) is 3.20. The van der Waals surface area contributed by atoms with Crippen LogP contribution in [0.15, 0.2) is 18.2 Å². The number of nitrogens with one attached hydrogen (secondary N) is 1. The van der Waals surface area contributed by atoms with Gasteiger partial charge in [-0.3, -0.25) is 4.79 Å². The number of aromatic hydroxyl groups is 1. The monoisotopic (exact) mass is 249 g/mol. The van der Waals surface area contributed by atoms with E-state index in [1.54, 1.807) is 12.1 Å². The van der Waals surface area contributed by atoms with Crippen molar-refractivity contribution in [1.29, 1.82) is 0 Å². The van der Waals surface area contributed by atoms with Crippen LogP contribution in [0.25, 0.3) is 0 Å². The lowest BCUT2D eigenvalue weighted by Gasteiger charge is -2.12. The molecule has 0 spiro atoms. The smallest absolute Gasteiger partial charge is 0.255 e. The van der Waals surface area contributed by atoms with Gasteiger partial charge in [0.15, 0.2) is 0 Å². The molecule has 1 aliphatic carbocycles. The molecule has 1 fully saturated rings. The summed E-state index contributed by atoms with van der Waals surface area (Å²) in [5, 5.41) is 12.5. The molecule has 1 aromatic rings. The Morgan fingerprint density at radius 2 is 2.28 bits per heavy atom. The highest BCUT2D eigenvalue weighted by Gasteiger charge is 2.28. The fraction of sp³-hybridized carbons (Fsp3) is 0.500. The van der Waals surface area contributed by atoms with Crippen molar-refractivity contribution in [3.63, 3.8) is 0 Å². The van der Waals surface area contributed by atoms with E-state index in [2.05, 4.69) is 12.2 Å². The van der Waals surface area contributed by atoms with Gasteiger partial charge in [0, 0.05) is 6.54 Å². The van der Waals surface area contributed by atoms with E-state index in [4.69, 9.17) is 4.74 Å². The first-order valence-electron chi connectivity index (χ1n) is 6.27. The summed E-state index contributed by atoms with van der Waals surface area (Å²) in [6.45, 7) is 2.80. The van der Waals surface area contributed by atoms with Gasteiger partial charge in [0.25, 0.3) is 5.91 Å². The van der Waals surface area contributed by atoms with E-state index in [0.717, 1.165) is 5.92 Å². The van der Waals surface area contributed by atoms with E-state index in [0.29, 0.717) is 18.2 Å². The van der Waals surface area contributed by atoms with Gasteiger partial charge in [-0.2, -0.15) is 0 Å². The SMILES string of the molecule is COc1ccc(O)c(C(=O)NCC(C)C2CC2)c1. The first-order chi connectivity index (χ1) is 8.61. The molecule has 2 N–H and O–H groups in total. The highest BCUT2D eigenvalue weighted by Crippen LogP contribution is 2.36. The Labute approximate surface area is 107 Å². The van der Waals surface area contributed by atoms with Gasteiger partial charge < -0.3 is 15.2 Å². The second kappa shape index (κ2) is 5.29. The number of hydrogen-bond donors (Lipinski definition) is 2. The summed E-state index contributed by atoms with van der Waals surface area (Å²) in [6, 6.07) is 4.64. The number of amides is 1. The number of carbonyl (C=O) groups excluding carboxylic acids is 1. The number of carbonyl (C=O) groups is 1. The molecule has 4 heteroatoms. The lowest BCUT2D eigenvalue weighted by Crippen LogP contribution is -2.29. The van der Waals surface area contributed by atoms with Crippen LogP contribution in [-0.2, 0) is 0 Å². The van der Waals surface area contributed by atoms with Crippen LogP contribution >= 0.6 is 0 Å². The zero-order chi connectivity index (χ0) is 13.1. The molecule has 1 saturated carbocycles. The van der Waals surface area contributed by atoms with Crippen molar-refractivity contribution < 1.29 is 14.6 Å². The maximum Gasteiger partial charge on any atom is 0.255 e. The number of ether oxygens (including phenoxy) is 1. The molecule has 1 unspecified atom stereocenters. The first kappa shape index (κ1) is 12.7. The minimum absolute atomic E-state index is 0.0209. The minimum atomic E-state index is -0.251. The van der Waals surface area contributed by atoms with Crippen molar-refractivity contribution >= 4 is 5.91 Å². The van der Waals surface area contributed by atoms with Crippen LogP contribution in [-0.4, -0.2) is 24.7 Å². The van der Waals surface area contributed by atoms with E-state index in [-0.39, 0.29) is 17.2 Å². The van der Waals surface area contributed by atoms with Crippen molar-refractivity contribution in [2.24, 2.45) is 11.8 Å². The third kappa shape index (κ3) is 2.94. The molecule has 0 heterocycles. The molecule has 1 amide bonds. The molecule has 0 aromatic heterocycles. The van der Waals surface area contributed by atoms with E-state index >= 15 is 0 Å². The van der Waals surface area contributed by atoms with Gasteiger partial charge in [0.05, 0.1) is 12.7 Å². The van der Waals surface area contributed by atoms with Crippen molar-refractivity contribution in [3.8, 4) is 11.5 Å². The Kier molecular flexibility index (Phi) is 3.75. The zero-order valence-corrected chi connectivity index (χ0v) is 10.8. The zero-order valence-electron chi connectivity index (χ0n) is 10.8. The minimum Gasteiger partial charge on any atom is -0.507 e. The largest absolute Gasteiger partial charge is 0.507 e. The Morgan fingerprint density at radius 3 is 2.89 bits per heavy atom. The Hall–Kier alpha value is -1.71. The number of methoxy groups -OCH3 is 1. The van der Waals surface area contributed by atoms with E-state index in [1.165, 1.54) is 26.0 Å². The number of benzene rings is 1. The van der Waals surface area contributed by atoms with E-state index in [1.807, 2.05) is 0 Å². The fourth-order valence-corrected chi connectivity index (χ4v) is 2.00. The number of phenolic OH excluding ortho intramolecular Hbond substituents is 1. The quantitative estimate of drug-likeness (QED) is 0.841. The van der Waals surface area contributed by atoms with Crippen molar-refractivity contribution in [2.45, 2.75) is 19.8 Å². The summed E-state index contributed by atoms with van der Waals surface area (Å²) in [7, 11) is 1.53. The van der Waals surface area contributed by atoms with Crippen LogP contribution in [0.2, 0.25) is 0 Å². The highest BCUT2D eigenvalue weighted by molar-refractivity contribution is 5.97. The Balaban J connectivity index is 1.98. The van der Waals surface area contributed by atoms with Gasteiger partial charge in [0.1, 0.15) is 11.5 Å². The first-order valence-corrected chi connectivity index (χ1v) is 6.27. The van der Waals surface area contributed by atoms with Crippen LogP contribution in [0.5, 0.6) is 11.5 Å². The summed E-state index contributed by atoms with van der Waals surface area (Å²) >= 11 is 0. The summed E-state index contributed by atoms with van der Waals surface area (Å²) in [5.41, 5.74) is 0.261. The molecule has 0 saturated heterocycles. The van der Waals surface area contributed by atoms with Gasteiger partial charge in [-0.15, -0.1) is 0 Å². The number of rotatable bonds is 5. The third-order valence-electron chi connectivity index (χ3n) is 3.46. The van der Waals surface area contributed by atoms with Crippen LogP contribution < -0.4 is 10.1 Å². The van der Waals surface area contributed by atoms with Crippen LogP contribution in [0.1, 0.15) is 30.1 Å². The van der Waals surface area contributed by atoms with Crippen LogP contribution in [0.3, 0.4) is 0 Å². The molecule has 1 atom stereocenters. The molecule has 2 rings (SSSR count). The average molecular weight is 249 g/mol. The van der Waals surface area contributed by atoms with Crippen LogP contribution in [0.4, 0.5) is 0 Å². The Morgan fingerprint density at radius 1 is 1.56 bits per heavy atom. The molecule has 1 aromatic carbocycles. The lowest BCUT2D eigenvalue weighted by atomic mass is 10.1. The highest BCUT2D eigenvalue weighted by atomic mass is 16.5. The lowest BCUT2D eigenvalue weighted by molar-refractivity contribution is 0.0943. The predicted molar refractivity (Wildman–Crippen MR) is 68.9 cm³/mol. The molecule has 0 bridgehead atoms. The third-order valence-corrected chi connectivity index (χ3v) is 3.46. The normalized spacial score (nSPS) is 16.1. The summed E-state index contributed by atoms with van der Waals surface area (Å²) in [5.74, 6) is 1.55. The van der Waals surface area contributed by atoms with Crippen LogP contribution in [0, 0.1) is 11.8 Å². The van der Waals surface area contributed by atoms with Gasteiger partial charge >= 0.3 is 0 Å². The molecular formula is C14H19NO3. The molecule has 98 valence electrons. The van der Waals surface area contributed by atoms with E-state index in [9.17, 15) is 9.90 Å². The maximum absolute atomic E-state index is 12.0. The molecular weight excluding hydrogens is 230 g/mol. The summed E-state index contributed by atoms with van der Waals surface area (Å²) in [4.78, 5) is 12.0. The van der Waals surface area contributed by atoms with Gasteiger partial charge in [-0.1, -0.05) is 6.92 Å². The molecule has 18 heavy (non-hydrogen) atoms. The van der Waals surface area contributed by atoms with Gasteiger partial charge in [-0.25, -0.2) is 0 Å². The topological polar surface area (TPSA) is 58.6 Å². The molecule has 4 nitrogen and oxygen atoms in total. The maximum atomic E-state index is 12.0. The molecule has 0 aliphatic heterocycles. The Bertz CT molecular complexity index is 441. The second-order valence-electron chi connectivity index (χ2n) is 4.91. The standard InChI is InChI=1S/C14H19NO3/c1-9(10-3-4-10)8-15-14(17)12-7-11(18-2)5-6-13(12)16/h5-7,9-10,16H,3-4,8H2,1-2H3,(H,15,17). The summed E-state index contributed by atoms with van der Waals surface area (Å²) < 4.78 is 5.04. The van der Waals surface area contributed by atoms with Gasteiger partial charge in [0.2, 0.25) is 0 Å². The van der Waals surface area contributed by atoms with Gasteiger partial charge in [-0.05, 0) is 42.9 Å².